The number of hydrogen-bond acceptors (Lipinski definition) is 5. The number of nitrogens with zero attached hydrogens (tertiary/aromatic N) is 3. The van der Waals surface area contributed by atoms with E-state index in [2.05, 4.69) is 10.2 Å². The molecule has 0 radical (unpaired) electrons. The number of rotatable bonds is 6. The van der Waals surface area contributed by atoms with Crippen molar-refractivity contribution in [3.05, 3.63) is 77.8 Å². The van der Waals surface area contributed by atoms with Crippen molar-refractivity contribution in [2.75, 3.05) is 6.54 Å². The van der Waals surface area contributed by atoms with Crippen molar-refractivity contribution in [1.82, 2.24) is 14.5 Å². The molecule has 1 fully saturated rings. The van der Waals surface area contributed by atoms with Gasteiger partial charge in [-0.15, -0.1) is 10.2 Å². The molecule has 0 unspecified atom stereocenters. The van der Waals surface area contributed by atoms with Crippen molar-refractivity contribution in [1.29, 1.82) is 0 Å². The van der Waals surface area contributed by atoms with E-state index in [0.29, 0.717) is 31.2 Å². The lowest BCUT2D eigenvalue weighted by Gasteiger charge is -2.32. The summed E-state index contributed by atoms with van der Waals surface area (Å²) in [5.74, 6) is 0.339. The highest BCUT2D eigenvalue weighted by Crippen LogP contribution is 2.35. The van der Waals surface area contributed by atoms with Crippen molar-refractivity contribution < 1.29 is 17.2 Å². The smallest absolute Gasteiger partial charge is 0.243 e. The average molecular weight is 415 g/mol. The van der Waals surface area contributed by atoms with Gasteiger partial charge in [0.15, 0.2) is 0 Å². The van der Waals surface area contributed by atoms with Gasteiger partial charge in [-0.05, 0) is 49.1 Å². The molecule has 152 valence electrons. The first-order valence-electron chi connectivity index (χ1n) is 9.67. The Morgan fingerprint density at radius 3 is 2.52 bits per heavy atom. The van der Waals surface area contributed by atoms with Gasteiger partial charge in [0.1, 0.15) is 11.9 Å². The Hall–Kier alpha value is -2.58. The molecule has 0 spiro atoms. The third-order valence-corrected chi connectivity index (χ3v) is 7.03. The predicted molar refractivity (Wildman–Crippen MR) is 105 cm³/mol. The van der Waals surface area contributed by atoms with E-state index in [4.69, 9.17) is 4.42 Å². The van der Waals surface area contributed by atoms with E-state index in [1.165, 1.54) is 22.0 Å². The summed E-state index contributed by atoms with van der Waals surface area (Å²) in [5.41, 5.74) is 1.17. The fraction of sp³-hybridized carbons (Fsp3) is 0.333. The van der Waals surface area contributed by atoms with Crippen LogP contribution in [0.25, 0.3) is 0 Å². The Morgan fingerprint density at radius 2 is 1.76 bits per heavy atom. The molecule has 29 heavy (non-hydrogen) atoms. The van der Waals surface area contributed by atoms with Crippen LogP contribution in [0.5, 0.6) is 0 Å². The average Bonchev–Trinajstić information content (AvgIpc) is 3.22. The predicted octanol–water partition coefficient (Wildman–Crippen LogP) is 3.91. The van der Waals surface area contributed by atoms with Crippen LogP contribution in [0.2, 0.25) is 0 Å². The molecule has 0 saturated carbocycles. The fourth-order valence-corrected chi connectivity index (χ4v) is 5.23. The van der Waals surface area contributed by atoms with Gasteiger partial charge in [-0.25, -0.2) is 12.8 Å². The Labute approximate surface area is 169 Å². The third kappa shape index (κ3) is 4.38. The summed E-state index contributed by atoms with van der Waals surface area (Å²) in [7, 11) is -3.78. The lowest BCUT2D eigenvalue weighted by molar-refractivity contribution is 0.216. The second-order valence-electron chi connectivity index (χ2n) is 7.10. The molecule has 8 heteroatoms. The van der Waals surface area contributed by atoms with Crippen LogP contribution in [0.4, 0.5) is 4.39 Å². The number of benzene rings is 2. The Bertz CT molecular complexity index is 1050. The van der Waals surface area contributed by atoms with Crippen LogP contribution in [0.15, 0.2) is 63.9 Å². The lowest BCUT2D eigenvalue weighted by atomic mass is 10.1. The van der Waals surface area contributed by atoms with E-state index < -0.39 is 21.9 Å². The third-order valence-electron chi connectivity index (χ3n) is 5.11. The zero-order chi connectivity index (χ0) is 20.3. The van der Waals surface area contributed by atoms with E-state index in [9.17, 15) is 12.8 Å². The molecular weight excluding hydrogens is 393 g/mol. The van der Waals surface area contributed by atoms with Gasteiger partial charge in [0.05, 0.1) is 4.90 Å². The normalized spacial score (nSPS) is 18.0. The molecule has 0 aliphatic carbocycles. The molecule has 4 rings (SSSR count). The summed E-state index contributed by atoms with van der Waals surface area (Å²) >= 11 is 0. The molecule has 1 atom stereocenters. The first-order valence-corrected chi connectivity index (χ1v) is 11.1. The van der Waals surface area contributed by atoms with Crippen molar-refractivity contribution in [3.8, 4) is 0 Å². The second-order valence-corrected chi connectivity index (χ2v) is 8.99. The van der Waals surface area contributed by atoms with Crippen molar-refractivity contribution in [2.45, 2.75) is 43.0 Å². The Kier molecular flexibility index (Phi) is 5.73. The van der Waals surface area contributed by atoms with Gasteiger partial charge >= 0.3 is 0 Å². The van der Waals surface area contributed by atoms with Crippen LogP contribution in [0, 0.1) is 5.82 Å². The maximum Gasteiger partial charge on any atom is 0.243 e. The lowest BCUT2D eigenvalue weighted by Crippen LogP contribution is -2.38. The van der Waals surface area contributed by atoms with Gasteiger partial charge in [-0.3, -0.25) is 0 Å². The number of halogens is 1. The van der Waals surface area contributed by atoms with E-state index in [1.807, 2.05) is 30.3 Å². The minimum Gasteiger partial charge on any atom is -0.424 e. The topological polar surface area (TPSA) is 76.3 Å². The SMILES string of the molecule is O=S(=O)(c1ccc(F)cc1)N1CCCC[C@H]1c1nnc(CCc2ccccc2)o1. The summed E-state index contributed by atoms with van der Waals surface area (Å²) in [6.07, 6.45) is 3.60. The van der Waals surface area contributed by atoms with Crippen LogP contribution in [-0.4, -0.2) is 29.5 Å². The molecular formula is C21H22FN3O3S. The Balaban J connectivity index is 1.53. The molecule has 3 aromatic rings. The highest BCUT2D eigenvalue weighted by atomic mass is 32.2. The van der Waals surface area contributed by atoms with E-state index >= 15 is 0 Å². The Morgan fingerprint density at radius 1 is 1.00 bits per heavy atom. The standard InChI is InChI=1S/C21H22FN3O3S/c22-17-10-12-18(13-11-17)29(26,27)25-15-5-4-8-19(25)21-24-23-20(28-21)14-9-16-6-2-1-3-7-16/h1-3,6-7,10-13,19H,4-5,8-9,14-15H2/t19-/m0/s1. The van der Waals surface area contributed by atoms with E-state index in [-0.39, 0.29) is 4.90 Å². The van der Waals surface area contributed by atoms with Gasteiger partial charge in [-0.1, -0.05) is 36.8 Å². The molecule has 1 aliphatic heterocycles. The van der Waals surface area contributed by atoms with Crippen LogP contribution in [0.3, 0.4) is 0 Å². The zero-order valence-corrected chi connectivity index (χ0v) is 16.7. The minimum atomic E-state index is -3.78. The number of aromatic nitrogens is 2. The minimum absolute atomic E-state index is 0.0645. The number of hydrogen-bond donors (Lipinski definition) is 0. The summed E-state index contributed by atoms with van der Waals surface area (Å²) < 4.78 is 46.7. The monoisotopic (exact) mass is 415 g/mol. The largest absolute Gasteiger partial charge is 0.424 e. The van der Waals surface area contributed by atoms with Gasteiger partial charge in [0.2, 0.25) is 21.8 Å². The fourth-order valence-electron chi connectivity index (χ4n) is 3.58. The molecule has 1 aliphatic rings. The van der Waals surface area contributed by atoms with Gasteiger partial charge < -0.3 is 4.42 Å². The number of piperidine rings is 1. The van der Waals surface area contributed by atoms with Gasteiger partial charge in [0, 0.05) is 13.0 Å². The number of aryl methyl sites for hydroxylation is 2. The quantitative estimate of drug-likeness (QED) is 0.610. The van der Waals surface area contributed by atoms with Crippen molar-refractivity contribution in [3.63, 3.8) is 0 Å². The first-order chi connectivity index (χ1) is 14.0. The van der Waals surface area contributed by atoms with Crippen molar-refractivity contribution >= 4 is 10.0 Å². The molecule has 2 heterocycles. The molecule has 1 saturated heterocycles. The molecule has 2 aromatic carbocycles. The molecule has 0 bridgehead atoms. The maximum absolute atomic E-state index is 13.2. The van der Waals surface area contributed by atoms with Gasteiger partial charge in [-0.2, -0.15) is 4.31 Å². The van der Waals surface area contributed by atoms with Gasteiger partial charge in [0.25, 0.3) is 0 Å². The summed E-state index contributed by atoms with van der Waals surface area (Å²) in [5, 5.41) is 8.26. The zero-order valence-electron chi connectivity index (χ0n) is 15.9. The molecule has 6 nitrogen and oxygen atoms in total. The van der Waals surface area contributed by atoms with Crippen LogP contribution in [-0.2, 0) is 22.9 Å². The van der Waals surface area contributed by atoms with Crippen LogP contribution in [0.1, 0.15) is 42.6 Å². The van der Waals surface area contributed by atoms with Crippen LogP contribution < -0.4 is 0 Å². The molecule has 1 aromatic heterocycles. The summed E-state index contributed by atoms with van der Waals surface area (Å²) in [4.78, 5) is 0.0645. The van der Waals surface area contributed by atoms with E-state index in [0.717, 1.165) is 31.4 Å². The van der Waals surface area contributed by atoms with Crippen LogP contribution >= 0.6 is 0 Å². The highest BCUT2D eigenvalue weighted by molar-refractivity contribution is 7.89. The first kappa shape index (κ1) is 19.7. The maximum atomic E-state index is 13.2. The van der Waals surface area contributed by atoms with Crippen molar-refractivity contribution in [2.24, 2.45) is 0 Å². The number of sulfonamides is 1. The summed E-state index contributed by atoms with van der Waals surface area (Å²) in [6, 6.07) is 14.4. The second kappa shape index (κ2) is 8.42. The molecule has 0 amide bonds. The summed E-state index contributed by atoms with van der Waals surface area (Å²) in [6.45, 7) is 0.367. The van der Waals surface area contributed by atoms with E-state index in [1.54, 1.807) is 0 Å². The highest BCUT2D eigenvalue weighted by Gasteiger charge is 2.37. The molecule has 0 N–H and O–H groups in total.